The van der Waals surface area contributed by atoms with Gasteiger partial charge in [0, 0.05) is 5.92 Å². The minimum absolute atomic E-state index is 0.0177. The Morgan fingerprint density at radius 1 is 1.42 bits per heavy atom. The number of nitrogens with one attached hydrogen (secondary N) is 1. The predicted octanol–water partition coefficient (Wildman–Crippen LogP) is 3.13. The van der Waals surface area contributed by atoms with Gasteiger partial charge in [0.15, 0.2) is 0 Å². The number of esters is 1. The molecule has 1 saturated heterocycles. The van der Waals surface area contributed by atoms with Crippen molar-refractivity contribution in [3.63, 3.8) is 0 Å². The summed E-state index contributed by atoms with van der Waals surface area (Å²) in [5, 5.41) is 3.24. The molecule has 0 aromatic carbocycles. The van der Waals surface area contributed by atoms with Crippen LogP contribution in [-0.4, -0.2) is 25.2 Å². The number of ether oxygens (including phenoxy) is 1. The molecule has 0 aromatic rings. The van der Waals surface area contributed by atoms with Crippen molar-refractivity contribution in [2.75, 3.05) is 13.6 Å². The summed E-state index contributed by atoms with van der Waals surface area (Å²) in [4.78, 5) is 11.8. The lowest BCUT2D eigenvalue weighted by atomic mass is 9.53. The average molecular weight is 267 g/mol. The summed E-state index contributed by atoms with van der Waals surface area (Å²) in [6.45, 7) is 7.91. The van der Waals surface area contributed by atoms with Crippen LogP contribution in [0.3, 0.4) is 0 Å². The molecule has 0 spiro atoms. The minimum atomic E-state index is -0.197. The molecule has 1 N–H and O–H groups in total. The highest BCUT2D eigenvalue weighted by molar-refractivity contribution is 5.73. The SMILES string of the molecule is CCC1CC[C@@]2(C)OC(=O)CC2[C@@]1(C)CCCNC. The number of carbonyl (C=O) groups is 1. The Kier molecular flexibility index (Phi) is 4.24. The highest BCUT2D eigenvalue weighted by atomic mass is 16.6. The molecule has 0 aromatic heterocycles. The fourth-order valence-corrected chi connectivity index (χ4v) is 4.68. The van der Waals surface area contributed by atoms with Crippen molar-refractivity contribution in [1.29, 1.82) is 0 Å². The minimum Gasteiger partial charge on any atom is -0.459 e. The number of rotatable bonds is 5. The Balaban J connectivity index is 2.20. The molecule has 110 valence electrons. The summed E-state index contributed by atoms with van der Waals surface area (Å²) in [7, 11) is 2.01. The smallest absolute Gasteiger partial charge is 0.306 e. The van der Waals surface area contributed by atoms with E-state index in [2.05, 4.69) is 26.1 Å². The quantitative estimate of drug-likeness (QED) is 0.614. The molecule has 2 unspecified atom stereocenters. The van der Waals surface area contributed by atoms with Gasteiger partial charge in [0.2, 0.25) is 0 Å². The topological polar surface area (TPSA) is 38.3 Å². The number of fused-ring (bicyclic) bond motifs is 1. The fraction of sp³-hybridized carbons (Fsp3) is 0.938. The zero-order valence-corrected chi connectivity index (χ0v) is 12.9. The zero-order valence-electron chi connectivity index (χ0n) is 12.9. The lowest BCUT2D eigenvalue weighted by Gasteiger charge is -2.52. The van der Waals surface area contributed by atoms with E-state index in [1.54, 1.807) is 0 Å². The fourth-order valence-electron chi connectivity index (χ4n) is 4.68. The van der Waals surface area contributed by atoms with Crippen molar-refractivity contribution in [3.05, 3.63) is 0 Å². The average Bonchev–Trinajstić information content (AvgIpc) is 2.66. The van der Waals surface area contributed by atoms with Crippen molar-refractivity contribution in [2.24, 2.45) is 17.3 Å². The van der Waals surface area contributed by atoms with E-state index in [9.17, 15) is 4.79 Å². The van der Waals surface area contributed by atoms with Crippen LogP contribution in [0.2, 0.25) is 0 Å². The predicted molar refractivity (Wildman–Crippen MR) is 76.9 cm³/mol. The van der Waals surface area contributed by atoms with Gasteiger partial charge in [-0.25, -0.2) is 0 Å². The summed E-state index contributed by atoms with van der Waals surface area (Å²) < 4.78 is 5.69. The van der Waals surface area contributed by atoms with Gasteiger partial charge in [-0.05, 0) is 57.5 Å². The normalized spacial score (nSPS) is 42.0. The first-order chi connectivity index (χ1) is 8.96. The maximum absolute atomic E-state index is 11.8. The van der Waals surface area contributed by atoms with E-state index in [-0.39, 0.29) is 17.0 Å². The maximum Gasteiger partial charge on any atom is 0.306 e. The third kappa shape index (κ3) is 2.54. The molecule has 2 fully saturated rings. The third-order valence-corrected chi connectivity index (χ3v) is 5.81. The second-order valence-electron chi connectivity index (χ2n) is 6.90. The van der Waals surface area contributed by atoms with Crippen LogP contribution >= 0.6 is 0 Å². The molecule has 1 saturated carbocycles. The van der Waals surface area contributed by atoms with Gasteiger partial charge in [0.05, 0.1) is 6.42 Å². The molecule has 3 heteroatoms. The summed E-state index contributed by atoms with van der Waals surface area (Å²) in [5.41, 5.74) is 0.0574. The number of carbonyl (C=O) groups excluding carboxylic acids is 1. The van der Waals surface area contributed by atoms with E-state index in [1.807, 2.05) is 7.05 Å². The molecule has 1 aliphatic carbocycles. The molecule has 0 bridgehead atoms. The largest absolute Gasteiger partial charge is 0.459 e. The van der Waals surface area contributed by atoms with Crippen molar-refractivity contribution in [3.8, 4) is 0 Å². The van der Waals surface area contributed by atoms with Gasteiger partial charge in [-0.15, -0.1) is 0 Å². The Bertz CT molecular complexity index is 344. The van der Waals surface area contributed by atoms with Crippen LogP contribution in [0.1, 0.15) is 59.3 Å². The monoisotopic (exact) mass is 267 g/mol. The van der Waals surface area contributed by atoms with Crippen molar-refractivity contribution in [1.82, 2.24) is 5.32 Å². The molecule has 2 rings (SSSR count). The van der Waals surface area contributed by atoms with Crippen LogP contribution in [0.5, 0.6) is 0 Å². The maximum atomic E-state index is 11.8. The lowest BCUT2D eigenvalue weighted by molar-refractivity contribution is -0.155. The Morgan fingerprint density at radius 2 is 2.16 bits per heavy atom. The van der Waals surface area contributed by atoms with E-state index < -0.39 is 0 Å². The molecular formula is C16H29NO2. The molecule has 4 atom stereocenters. The molecule has 0 amide bonds. The van der Waals surface area contributed by atoms with E-state index >= 15 is 0 Å². The summed E-state index contributed by atoms with van der Waals surface area (Å²) in [6.07, 6.45) is 6.48. The summed E-state index contributed by atoms with van der Waals surface area (Å²) in [5.74, 6) is 1.16. The number of hydrogen-bond acceptors (Lipinski definition) is 3. The molecule has 2 aliphatic rings. The zero-order chi connectivity index (χ0) is 14.1. The first-order valence-electron chi connectivity index (χ1n) is 7.82. The van der Waals surface area contributed by atoms with E-state index in [1.165, 1.54) is 25.7 Å². The Labute approximate surface area is 117 Å². The van der Waals surface area contributed by atoms with Gasteiger partial charge in [-0.2, -0.15) is 0 Å². The first kappa shape index (κ1) is 14.8. The van der Waals surface area contributed by atoms with Gasteiger partial charge < -0.3 is 10.1 Å². The van der Waals surface area contributed by atoms with Gasteiger partial charge in [0.1, 0.15) is 5.60 Å². The van der Waals surface area contributed by atoms with Gasteiger partial charge in [-0.3, -0.25) is 4.79 Å². The standard InChI is InChI=1S/C16H29NO2/c1-5-12-7-9-16(3)13(11-14(18)19-16)15(12,2)8-6-10-17-4/h12-13,17H,5-11H2,1-4H3/t12?,13?,15-,16+/m0/s1. The van der Waals surface area contributed by atoms with Crippen LogP contribution in [0.15, 0.2) is 0 Å². The van der Waals surface area contributed by atoms with E-state index in [0.717, 1.165) is 18.9 Å². The second-order valence-corrected chi connectivity index (χ2v) is 6.90. The molecule has 1 aliphatic heterocycles. The second kappa shape index (κ2) is 5.43. The van der Waals surface area contributed by atoms with Crippen LogP contribution < -0.4 is 5.32 Å². The van der Waals surface area contributed by atoms with Crippen LogP contribution in [0, 0.1) is 17.3 Å². The Morgan fingerprint density at radius 3 is 2.79 bits per heavy atom. The molecule has 19 heavy (non-hydrogen) atoms. The molecule has 0 radical (unpaired) electrons. The lowest BCUT2D eigenvalue weighted by Crippen LogP contribution is -2.50. The number of hydrogen-bond donors (Lipinski definition) is 1. The third-order valence-electron chi connectivity index (χ3n) is 5.81. The van der Waals surface area contributed by atoms with Gasteiger partial charge >= 0.3 is 5.97 Å². The highest BCUT2D eigenvalue weighted by Gasteiger charge is 2.58. The first-order valence-corrected chi connectivity index (χ1v) is 7.82. The van der Waals surface area contributed by atoms with Gasteiger partial charge in [-0.1, -0.05) is 20.3 Å². The molecular weight excluding hydrogens is 238 g/mol. The van der Waals surface area contributed by atoms with Crippen LogP contribution in [-0.2, 0) is 9.53 Å². The van der Waals surface area contributed by atoms with E-state index in [0.29, 0.717) is 12.3 Å². The van der Waals surface area contributed by atoms with Crippen molar-refractivity contribution in [2.45, 2.75) is 64.9 Å². The highest BCUT2D eigenvalue weighted by Crippen LogP contribution is 2.58. The van der Waals surface area contributed by atoms with E-state index in [4.69, 9.17) is 4.74 Å². The Hall–Kier alpha value is -0.570. The van der Waals surface area contributed by atoms with Crippen molar-refractivity contribution < 1.29 is 9.53 Å². The molecule has 1 heterocycles. The van der Waals surface area contributed by atoms with Gasteiger partial charge in [0.25, 0.3) is 0 Å². The molecule has 3 nitrogen and oxygen atoms in total. The van der Waals surface area contributed by atoms with Crippen LogP contribution in [0.4, 0.5) is 0 Å². The summed E-state index contributed by atoms with van der Waals surface area (Å²) >= 11 is 0. The van der Waals surface area contributed by atoms with Crippen LogP contribution in [0.25, 0.3) is 0 Å². The summed E-state index contributed by atoms with van der Waals surface area (Å²) in [6, 6.07) is 0. The van der Waals surface area contributed by atoms with Crippen molar-refractivity contribution >= 4 is 5.97 Å².